The summed E-state index contributed by atoms with van der Waals surface area (Å²) in [5.41, 5.74) is 0.691. The summed E-state index contributed by atoms with van der Waals surface area (Å²) in [5.74, 6) is 0.814. The fourth-order valence-corrected chi connectivity index (χ4v) is 2.04. The van der Waals surface area contributed by atoms with Crippen LogP contribution in [0.2, 0.25) is 0 Å². The van der Waals surface area contributed by atoms with Crippen LogP contribution in [0.4, 0.5) is 4.39 Å². The molecular weight excluding hydrogens is 297 g/mol. The molecule has 0 saturated heterocycles. The van der Waals surface area contributed by atoms with Crippen molar-refractivity contribution in [2.45, 2.75) is 19.4 Å². The molecule has 18 heavy (non-hydrogen) atoms. The van der Waals surface area contributed by atoms with Crippen molar-refractivity contribution in [3.8, 4) is 0 Å². The van der Waals surface area contributed by atoms with Crippen LogP contribution >= 0.6 is 15.9 Å². The van der Waals surface area contributed by atoms with Crippen molar-refractivity contribution in [2.75, 3.05) is 6.54 Å². The lowest BCUT2D eigenvalue weighted by atomic mass is 10.2. The molecule has 1 aromatic heterocycles. The first-order valence-corrected chi connectivity index (χ1v) is 6.68. The summed E-state index contributed by atoms with van der Waals surface area (Å²) in [6, 6.07) is 5.13. The van der Waals surface area contributed by atoms with Gasteiger partial charge in [0, 0.05) is 35.4 Å². The lowest BCUT2D eigenvalue weighted by Crippen LogP contribution is -2.16. The Morgan fingerprint density at radius 3 is 3.00 bits per heavy atom. The molecule has 1 heterocycles. The second-order valence-electron chi connectivity index (χ2n) is 4.05. The molecule has 1 aromatic carbocycles. The van der Waals surface area contributed by atoms with Gasteiger partial charge in [0.05, 0.1) is 0 Å². The summed E-state index contributed by atoms with van der Waals surface area (Å²) in [5, 5.41) is 3.23. The molecule has 0 aliphatic heterocycles. The van der Waals surface area contributed by atoms with Crippen molar-refractivity contribution in [1.29, 1.82) is 0 Å². The van der Waals surface area contributed by atoms with Crippen LogP contribution in [-0.2, 0) is 13.0 Å². The van der Waals surface area contributed by atoms with E-state index in [1.165, 1.54) is 6.07 Å². The normalized spacial score (nSPS) is 10.8. The van der Waals surface area contributed by atoms with Crippen molar-refractivity contribution in [1.82, 2.24) is 15.3 Å². The lowest BCUT2D eigenvalue weighted by Gasteiger charge is -2.05. The van der Waals surface area contributed by atoms with Crippen LogP contribution in [0, 0.1) is 5.82 Å². The zero-order valence-electron chi connectivity index (χ0n) is 9.92. The maximum absolute atomic E-state index is 13.5. The number of benzene rings is 1. The molecule has 0 unspecified atom stereocenters. The van der Waals surface area contributed by atoms with E-state index in [1.807, 2.05) is 12.3 Å². The summed E-state index contributed by atoms with van der Waals surface area (Å²) < 4.78 is 14.3. The molecule has 0 fully saturated rings. The number of aromatic amines is 1. The van der Waals surface area contributed by atoms with Gasteiger partial charge in [0.25, 0.3) is 0 Å². The van der Waals surface area contributed by atoms with E-state index in [0.29, 0.717) is 12.1 Å². The maximum Gasteiger partial charge on any atom is 0.128 e. The minimum absolute atomic E-state index is 0.178. The van der Waals surface area contributed by atoms with E-state index in [2.05, 4.69) is 31.2 Å². The maximum atomic E-state index is 13.5. The van der Waals surface area contributed by atoms with Gasteiger partial charge < -0.3 is 10.3 Å². The summed E-state index contributed by atoms with van der Waals surface area (Å²) in [7, 11) is 0. The Bertz CT molecular complexity index is 485. The Morgan fingerprint density at radius 2 is 2.28 bits per heavy atom. The van der Waals surface area contributed by atoms with Gasteiger partial charge in [-0.2, -0.15) is 0 Å². The second kappa shape index (κ2) is 6.66. The minimum atomic E-state index is -0.178. The van der Waals surface area contributed by atoms with Gasteiger partial charge in [-0.25, -0.2) is 9.37 Å². The van der Waals surface area contributed by atoms with Crippen molar-refractivity contribution < 1.29 is 4.39 Å². The average molecular weight is 312 g/mol. The summed E-state index contributed by atoms with van der Waals surface area (Å²) in [6.07, 6.45) is 5.45. The Labute approximate surface area is 114 Å². The first-order valence-electron chi connectivity index (χ1n) is 5.88. The molecule has 0 aliphatic carbocycles. The van der Waals surface area contributed by atoms with E-state index in [9.17, 15) is 4.39 Å². The van der Waals surface area contributed by atoms with Gasteiger partial charge in [-0.3, -0.25) is 0 Å². The third kappa shape index (κ3) is 3.92. The van der Waals surface area contributed by atoms with Gasteiger partial charge in [-0.15, -0.1) is 0 Å². The summed E-state index contributed by atoms with van der Waals surface area (Å²) >= 11 is 3.24. The van der Waals surface area contributed by atoms with Crippen molar-refractivity contribution in [3.05, 3.63) is 52.3 Å². The zero-order chi connectivity index (χ0) is 12.8. The number of nitrogens with zero attached hydrogens (tertiary/aromatic N) is 1. The third-order valence-corrected chi connectivity index (χ3v) is 3.15. The smallest absolute Gasteiger partial charge is 0.128 e. The average Bonchev–Trinajstić information content (AvgIpc) is 2.84. The molecule has 0 aliphatic rings. The number of rotatable bonds is 6. The topological polar surface area (TPSA) is 40.7 Å². The third-order valence-electron chi connectivity index (χ3n) is 2.65. The predicted molar refractivity (Wildman–Crippen MR) is 72.7 cm³/mol. The van der Waals surface area contributed by atoms with E-state index in [0.717, 1.165) is 29.7 Å². The van der Waals surface area contributed by atoms with Gasteiger partial charge in [-0.05, 0) is 25.1 Å². The van der Waals surface area contributed by atoms with Gasteiger partial charge in [0.2, 0.25) is 0 Å². The number of aryl methyl sites for hydroxylation is 1. The standard InChI is InChI=1S/C13H15BrFN3/c14-11-4-3-10(12(15)8-11)9-16-5-1-2-13-17-6-7-18-13/h3-4,6-8,16H,1-2,5,9H2,(H,17,18). The lowest BCUT2D eigenvalue weighted by molar-refractivity contribution is 0.579. The van der Waals surface area contributed by atoms with E-state index < -0.39 is 0 Å². The predicted octanol–water partition coefficient (Wildman–Crippen LogP) is 3.03. The molecule has 96 valence electrons. The van der Waals surface area contributed by atoms with Crippen LogP contribution in [-0.4, -0.2) is 16.5 Å². The Kier molecular flexibility index (Phi) is 4.90. The quantitative estimate of drug-likeness (QED) is 0.805. The van der Waals surface area contributed by atoms with E-state index in [4.69, 9.17) is 0 Å². The molecule has 2 aromatic rings. The van der Waals surface area contributed by atoms with Crippen LogP contribution in [0.3, 0.4) is 0 Å². The molecule has 0 spiro atoms. The Balaban J connectivity index is 1.69. The van der Waals surface area contributed by atoms with Crippen LogP contribution in [0.15, 0.2) is 35.1 Å². The number of aromatic nitrogens is 2. The van der Waals surface area contributed by atoms with Gasteiger partial charge >= 0.3 is 0 Å². The number of hydrogen-bond acceptors (Lipinski definition) is 2. The SMILES string of the molecule is Fc1cc(Br)ccc1CNCCCc1ncc[nH]1. The van der Waals surface area contributed by atoms with E-state index in [-0.39, 0.29) is 5.82 Å². The first kappa shape index (κ1) is 13.2. The molecule has 3 nitrogen and oxygen atoms in total. The summed E-state index contributed by atoms with van der Waals surface area (Å²) in [6.45, 7) is 1.40. The molecule has 2 N–H and O–H groups in total. The van der Waals surface area contributed by atoms with Crippen molar-refractivity contribution in [2.24, 2.45) is 0 Å². The van der Waals surface area contributed by atoms with Crippen LogP contribution in [0.25, 0.3) is 0 Å². The number of imidazole rings is 1. The highest BCUT2D eigenvalue weighted by molar-refractivity contribution is 9.10. The number of halogens is 2. The van der Waals surface area contributed by atoms with E-state index in [1.54, 1.807) is 12.3 Å². The Hall–Kier alpha value is -1.20. The fourth-order valence-electron chi connectivity index (χ4n) is 1.70. The molecular formula is C13H15BrFN3. The first-order chi connectivity index (χ1) is 8.75. The highest BCUT2D eigenvalue weighted by Gasteiger charge is 2.02. The molecule has 2 rings (SSSR count). The summed E-state index contributed by atoms with van der Waals surface area (Å²) in [4.78, 5) is 7.20. The van der Waals surface area contributed by atoms with Gasteiger partial charge in [0.15, 0.2) is 0 Å². The zero-order valence-corrected chi connectivity index (χ0v) is 11.5. The number of H-pyrrole nitrogens is 1. The van der Waals surface area contributed by atoms with Crippen LogP contribution in [0.5, 0.6) is 0 Å². The molecule has 0 amide bonds. The monoisotopic (exact) mass is 311 g/mol. The van der Waals surface area contributed by atoms with Crippen LogP contribution in [0.1, 0.15) is 17.8 Å². The second-order valence-corrected chi connectivity index (χ2v) is 4.97. The number of hydrogen-bond donors (Lipinski definition) is 2. The van der Waals surface area contributed by atoms with Gasteiger partial charge in [0.1, 0.15) is 11.6 Å². The molecule has 0 atom stereocenters. The van der Waals surface area contributed by atoms with Gasteiger partial charge in [-0.1, -0.05) is 22.0 Å². The molecule has 5 heteroatoms. The molecule has 0 saturated carbocycles. The van der Waals surface area contributed by atoms with Crippen molar-refractivity contribution in [3.63, 3.8) is 0 Å². The Morgan fingerprint density at radius 1 is 1.39 bits per heavy atom. The molecule has 0 bridgehead atoms. The van der Waals surface area contributed by atoms with E-state index >= 15 is 0 Å². The number of nitrogens with one attached hydrogen (secondary N) is 2. The molecule has 0 radical (unpaired) electrons. The van der Waals surface area contributed by atoms with Crippen LogP contribution < -0.4 is 5.32 Å². The largest absolute Gasteiger partial charge is 0.349 e. The highest BCUT2D eigenvalue weighted by Crippen LogP contribution is 2.14. The van der Waals surface area contributed by atoms with Crippen molar-refractivity contribution >= 4 is 15.9 Å². The minimum Gasteiger partial charge on any atom is -0.349 e. The fraction of sp³-hybridized carbons (Fsp3) is 0.308. The highest BCUT2D eigenvalue weighted by atomic mass is 79.9.